The first-order valence-electron chi connectivity index (χ1n) is 13.2. The Hall–Kier alpha value is -3.43. The number of nitrogens with one attached hydrogen (secondary N) is 1. The highest BCUT2D eigenvalue weighted by Crippen LogP contribution is 2.43. The van der Waals surface area contributed by atoms with E-state index in [1.54, 1.807) is 0 Å². The second-order valence-corrected chi connectivity index (χ2v) is 9.62. The number of alkyl halides is 3. The number of halogens is 3. The Morgan fingerprint density at radius 3 is 2.13 bits per heavy atom. The van der Waals surface area contributed by atoms with Gasteiger partial charge in [0.15, 0.2) is 6.10 Å². The van der Waals surface area contributed by atoms with Crippen molar-refractivity contribution < 1.29 is 32.6 Å². The summed E-state index contributed by atoms with van der Waals surface area (Å²) in [5, 5.41) is 13.3. The van der Waals surface area contributed by atoms with Crippen molar-refractivity contribution in [3.63, 3.8) is 0 Å². The van der Waals surface area contributed by atoms with Crippen LogP contribution < -0.4 is 20.7 Å². The van der Waals surface area contributed by atoms with Crippen molar-refractivity contribution in [1.29, 1.82) is 0 Å². The molecule has 0 aliphatic carbocycles. The lowest BCUT2D eigenvalue weighted by Gasteiger charge is -2.28. The number of nitrogens with two attached hydrogens (primary N) is 1. The number of unbranched alkanes of at least 4 members (excludes halogenated alkanes) is 9. The average Bonchev–Trinajstić information content (AvgIpc) is 2.86. The highest BCUT2D eigenvalue weighted by molar-refractivity contribution is 6.03. The minimum Gasteiger partial charge on any atom is -0.506 e. The van der Waals surface area contributed by atoms with Gasteiger partial charge in [-0.25, -0.2) is 4.79 Å². The van der Waals surface area contributed by atoms with E-state index in [4.69, 9.17) is 10.5 Å². The summed E-state index contributed by atoms with van der Waals surface area (Å²) in [6, 6.07) is 5.37. The van der Waals surface area contributed by atoms with Gasteiger partial charge in [-0.2, -0.15) is 13.2 Å². The number of phenols is 1. The third-order valence-corrected chi connectivity index (χ3v) is 6.63. The summed E-state index contributed by atoms with van der Waals surface area (Å²) in [6.45, 7) is 2.21. The Balaban J connectivity index is 1.62. The molecule has 1 aliphatic heterocycles. The van der Waals surface area contributed by atoms with Crippen LogP contribution >= 0.6 is 0 Å². The lowest BCUT2D eigenvalue weighted by atomic mass is 10.0. The number of amides is 3. The molecular weight excluding hydrogens is 499 g/mol. The van der Waals surface area contributed by atoms with Crippen molar-refractivity contribution >= 4 is 29.0 Å². The number of anilines is 3. The van der Waals surface area contributed by atoms with Gasteiger partial charge in [0, 0.05) is 12.1 Å². The van der Waals surface area contributed by atoms with Crippen LogP contribution in [0.3, 0.4) is 0 Å². The van der Waals surface area contributed by atoms with E-state index in [1.807, 2.05) is 0 Å². The van der Waals surface area contributed by atoms with E-state index in [0.717, 1.165) is 48.4 Å². The van der Waals surface area contributed by atoms with Gasteiger partial charge in [0.1, 0.15) is 11.5 Å². The number of aromatic hydroxyl groups is 1. The van der Waals surface area contributed by atoms with Crippen LogP contribution in [-0.2, 0) is 11.0 Å². The Kier molecular flexibility index (Phi) is 10.3. The summed E-state index contributed by atoms with van der Waals surface area (Å²) < 4.78 is 44.7. The zero-order chi connectivity index (χ0) is 27.7. The Labute approximate surface area is 221 Å². The topological polar surface area (TPSA) is 105 Å². The molecule has 1 aliphatic rings. The molecule has 1 heterocycles. The molecule has 3 amide bonds. The minimum atomic E-state index is -4.54. The zero-order valence-corrected chi connectivity index (χ0v) is 21.7. The van der Waals surface area contributed by atoms with Crippen LogP contribution in [0.1, 0.15) is 83.1 Å². The molecule has 1 atom stereocenters. The second-order valence-electron chi connectivity index (χ2n) is 9.62. The summed E-state index contributed by atoms with van der Waals surface area (Å²) in [5.74, 6) is -0.498. The largest absolute Gasteiger partial charge is 0.506 e. The fraction of sp³-hybridized carbons (Fsp3) is 0.500. The summed E-state index contributed by atoms with van der Waals surface area (Å²) in [4.78, 5) is 25.6. The van der Waals surface area contributed by atoms with Crippen molar-refractivity contribution in [3.05, 3.63) is 42.0 Å². The number of carbonyl (C=O) groups is 2. The maximum atomic E-state index is 12.9. The maximum absolute atomic E-state index is 12.9. The molecule has 0 saturated heterocycles. The Morgan fingerprint density at radius 1 is 1.00 bits per heavy atom. The van der Waals surface area contributed by atoms with Gasteiger partial charge in [0.05, 0.1) is 22.6 Å². The highest BCUT2D eigenvalue weighted by Gasteiger charge is 2.32. The number of nitrogens with zero attached hydrogens (tertiary/aromatic N) is 1. The van der Waals surface area contributed by atoms with E-state index in [1.165, 1.54) is 57.1 Å². The second kappa shape index (κ2) is 13.4. The summed E-state index contributed by atoms with van der Waals surface area (Å²) in [7, 11) is 0. The number of benzene rings is 2. The number of hydrogen-bond acceptors (Lipinski definition) is 4. The predicted molar refractivity (Wildman–Crippen MR) is 141 cm³/mol. The molecule has 3 rings (SSSR count). The molecule has 10 heteroatoms. The minimum absolute atomic E-state index is 0.0301. The van der Waals surface area contributed by atoms with Gasteiger partial charge >= 0.3 is 12.2 Å². The van der Waals surface area contributed by atoms with Crippen molar-refractivity contribution in [1.82, 2.24) is 0 Å². The maximum Gasteiger partial charge on any atom is 0.416 e. The van der Waals surface area contributed by atoms with E-state index in [9.17, 15) is 27.9 Å². The number of ether oxygens (including phenoxy) is 1. The number of primary amides is 1. The molecule has 0 bridgehead atoms. The number of hydrogen-bond donors (Lipinski definition) is 3. The standard InChI is InChI=1S/C28H36F3N3O4/c1-2-3-4-5-6-7-8-9-10-11-12-24-26(36)33-21-17-23(35)22(18-25(21)38-24)34(27(32)37)20-15-13-19(14-16-20)28(29,30)31/h13-18,24,35H,2-12H2,1H3,(H2,32,37)(H,33,36). The molecule has 38 heavy (non-hydrogen) atoms. The number of rotatable bonds is 13. The lowest BCUT2D eigenvalue weighted by molar-refractivity contribution is -0.137. The Morgan fingerprint density at radius 2 is 1.58 bits per heavy atom. The van der Waals surface area contributed by atoms with Gasteiger partial charge in [-0.3, -0.25) is 9.69 Å². The SMILES string of the molecule is CCCCCCCCCCCCC1Oc2cc(N(C(N)=O)c3ccc(C(F)(F)F)cc3)c(O)cc2NC1=O. The highest BCUT2D eigenvalue weighted by atomic mass is 19.4. The summed E-state index contributed by atoms with van der Waals surface area (Å²) >= 11 is 0. The van der Waals surface area contributed by atoms with Crippen LogP contribution in [0.25, 0.3) is 0 Å². The van der Waals surface area contributed by atoms with Gasteiger partial charge < -0.3 is 20.9 Å². The molecule has 2 aromatic carbocycles. The third kappa shape index (κ3) is 7.79. The summed E-state index contributed by atoms with van der Waals surface area (Å²) in [6.07, 6.45) is 6.90. The van der Waals surface area contributed by atoms with Gasteiger partial charge in [-0.1, -0.05) is 64.7 Å². The first-order valence-corrected chi connectivity index (χ1v) is 13.2. The molecule has 4 N–H and O–H groups in total. The number of fused-ring (bicyclic) bond motifs is 1. The quantitative estimate of drug-likeness (QED) is 0.229. The van der Waals surface area contributed by atoms with E-state index >= 15 is 0 Å². The molecule has 0 fully saturated rings. The van der Waals surface area contributed by atoms with Crippen molar-refractivity contribution in [2.45, 2.75) is 89.8 Å². The average molecular weight is 536 g/mol. The Bertz CT molecular complexity index is 1090. The van der Waals surface area contributed by atoms with Gasteiger partial charge in [0.2, 0.25) is 0 Å². The van der Waals surface area contributed by atoms with E-state index < -0.39 is 29.6 Å². The number of phenolic OH excluding ortho intramolecular Hbond substituents is 1. The molecule has 0 aromatic heterocycles. The first-order chi connectivity index (χ1) is 18.1. The normalized spacial score (nSPS) is 14.9. The van der Waals surface area contributed by atoms with E-state index in [-0.39, 0.29) is 28.7 Å². The third-order valence-electron chi connectivity index (χ3n) is 6.63. The van der Waals surface area contributed by atoms with Crippen LogP contribution in [0.2, 0.25) is 0 Å². The molecule has 0 radical (unpaired) electrons. The lowest BCUT2D eigenvalue weighted by Crippen LogP contribution is -2.37. The van der Waals surface area contributed by atoms with Crippen LogP contribution in [0.5, 0.6) is 11.5 Å². The predicted octanol–water partition coefficient (Wildman–Crippen LogP) is 7.64. The van der Waals surface area contributed by atoms with E-state index in [0.29, 0.717) is 6.42 Å². The fourth-order valence-corrected chi connectivity index (χ4v) is 4.54. The molecule has 1 unspecified atom stereocenters. The first kappa shape index (κ1) is 29.1. The van der Waals surface area contributed by atoms with Gasteiger partial charge in [0.25, 0.3) is 5.91 Å². The van der Waals surface area contributed by atoms with Crippen molar-refractivity contribution in [3.8, 4) is 11.5 Å². The molecule has 0 spiro atoms. The van der Waals surface area contributed by atoms with Crippen molar-refractivity contribution in [2.24, 2.45) is 5.73 Å². The van der Waals surface area contributed by atoms with Gasteiger partial charge in [-0.15, -0.1) is 0 Å². The number of carbonyl (C=O) groups excluding carboxylic acids is 2. The zero-order valence-electron chi connectivity index (χ0n) is 21.7. The fourth-order valence-electron chi connectivity index (χ4n) is 4.54. The van der Waals surface area contributed by atoms with Crippen LogP contribution in [0.15, 0.2) is 36.4 Å². The molecule has 2 aromatic rings. The smallest absolute Gasteiger partial charge is 0.416 e. The number of urea groups is 1. The van der Waals surface area contributed by atoms with Crippen LogP contribution in [0.4, 0.5) is 35.0 Å². The molecule has 7 nitrogen and oxygen atoms in total. The van der Waals surface area contributed by atoms with Crippen LogP contribution in [-0.4, -0.2) is 23.1 Å². The molecular formula is C28H36F3N3O4. The van der Waals surface area contributed by atoms with Gasteiger partial charge in [-0.05, 0) is 37.1 Å². The monoisotopic (exact) mass is 535 g/mol. The molecule has 208 valence electrons. The summed E-state index contributed by atoms with van der Waals surface area (Å²) in [5.41, 5.74) is 4.80. The van der Waals surface area contributed by atoms with Crippen LogP contribution in [0, 0.1) is 0 Å². The van der Waals surface area contributed by atoms with Crippen molar-refractivity contribution in [2.75, 3.05) is 10.2 Å². The van der Waals surface area contributed by atoms with E-state index in [2.05, 4.69) is 12.2 Å². The molecule has 0 saturated carbocycles.